The van der Waals surface area contributed by atoms with Crippen molar-refractivity contribution in [1.29, 1.82) is 0 Å². The Morgan fingerprint density at radius 1 is 1.40 bits per heavy atom. The number of anilines is 2. The molecule has 0 aliphatic rings. The summed E-state index contributed by atoms with van der Waals surface area (Å²) in [5.74, 6) is 6.90. The third-order valence-corrected chi connectivity index (χ3v) is 2.82. The summed E-state index contributed by atoms with van der Waals surface area (Å²) in [5.41, 5.74) is 2.50. The number of aryl methyl sites for hydroxylation is 1. The topological polar surface area (TPSA) is 102 Å². The van der Waals surface area contributed by atoms with Crippen LogP contribution in [-0.4, -0.2) is 29.1 Å². The van der Waals surface area contributed by atoms with Crippen molar-refractivity contribution < 1.29 is 9.53 Å². The summed E-state index contributed by atoms with van der Waals surface area (Å²) in [4.78, 5) is 20.4. The summed E-state index contributed by atoms with van der Waals surface area (Å²) in [5, 5.41) is 3.08. The van der Waals surface area contributed by atoms with Crippen LogP contribution in [-0.2, 0) is 16.0 Å². The number of aromatic nitrogens is 2. The quantitative estimate of drug-likeness (QED) is 0.393. The second-order valence-electron chi connectivity index (χ2n) is 4.84. The fraction of sp³-hybridized carbons (Fsp3) is 0.615. The normalized spacial score (nSPS) is 12.1. The first kappa shape index (κ1) is 16.2. The number of hydrogen-bond acceptors (Lipinski definition) is 7. The first-order valence-electron chi connectivity index (χ1n) is 6.70. The Morgan fingerprint density at radius 3 is 2.55 bits per heavy atom. The van der Waals surface area contributed by atoms with Crippen LogP contribution < -0.4 is 16.6 Å². The van der Waals surface area contributed by atoms with E-state index in [1.165, 1.54) is 7.11 Å². The first-order valence-corrected chi connectivity index (χ1v) is 6.70. The third kappa shape index (κ3) is 4.34. The van der Waals surface area contributed by atoms with E-state index in [9.17, 15) is 4.79 Å². The van der Waals surface area contributed by atoms with Gasteiger partial charge in [0, 0.05) is 12.5 Å². The maximum atomic E-state index is 11.8. The molecule has 0 saturated carbocycles. The molecular weight excluding hydrogens is 258 g/mol. The van der Waals surface area contributed by atoms with Crippen molar-refractivity contribution in [2.75, 3.05) is 17.9 Å². The van der Waals surface area contributed by atoms with E-state index in [-0.39, 0.29) is 11.9 Å². The van der Waals surface area contributed by atoms with Crippen LogP contribution in [0.3, 0.4) is 0 Å². The van der Waals surface area contributed by atoms with Gasteiger partial charge in [0.25, 0.3) is 0 Å². The van der Waals surface area contributed by atoms with Gasteiger partial charge in [-0.05, 0) is 12.3 Å². The van der Waals surface area contributed by atoms with Gasteiger partial charge in [-0.2, -0.15) is 0 Å². The highest BCUT2D eigenvalue weighted by molar-refractivity contribution is 5.79. The van der Waals surface area contributed by atoms with Gasteiger partial charge in [-0.25, -0.2) is 20.6 Å². The number of esters is 1. The van der Waals surface area contributed by atoms with Gasteiger partial charge in [0.05, 0.1) is 7.11 Å². The van der Waals surface area contributed by atoms with E-state index in [1.807, 2.05) is 20.8 Å². The van der Waals surface area contributed by atoms with E-state index in [1.54, 1.807) is 6.07 Å². The van der Waals surface area contributed by atoms with Gasteiger partial charge in [-0.1, -0.05) is 20.8 Å². The Labute approximate surface area is 119 Å². The van der Waals surface area contributed by atoms with Gasteiger partial charge in [-0.3, -0.25) is 0 Å². The summed E-state index contributed by atoms with van der Waals surface area (Å²) in [7, 11) is 1.37. The second kappa shape index (κ2) is 7.64. The van der Waals surface area contributed by atoms with Crippen molar-refractivity contribution in [2.45, 2.75) is 39.7 Å². The molecule has 7 nitrogen and oxygen atoms in total. The zero-order chi connectivity index (χ0) is 15.1. The lowest BCUT2D eigenvalue weighted by Gasteiger charge is -2.20. The lowest BCUT2D eigenvalue weighted by Crippen LogP contribution is -2.36. The number of hydrazine groups is 1. The fourth-order valence-electron chi connectivity index (χ4n) is 1.76. The van der Waals surface area contributed by atoms with Crippen LogP contribution in [0, 0.1) is 5.92 Å². The van der Waals surface area contributed by atoms with E-state index in [0.29, 0.717) is 17.5 Å². The summed E-state index contributed by atoms with van der Waals surface area (Å²) < 4.78 is 4.80. The molecule has 7 heteroatoms. The Hall–Kier alpha value is -1.89. The lowest BCUT2D eigenvalue weighted by atomic mass is 10.0. The van der Waals surface area contributed by atoms with E-state index in [2.05, 4.69) is 20.7 Å². The fourth-order valence-corrected chi connectivity index (χ4v) is 1.76. The molecule has 0 aliphatic carbocycles. The summed E-state index contributed by atoms with van der Waals surface area (Å²) in [6, 6.07) is 1.20. The van der Waals surface area contributed by atoms with Gasteiger partial charge < -0.3 is 15.5 Å². The minimum Gasteiger partial charge on any atom is -0.467 e. The molecule has 1 atom stereocenters. The lowest BCUT2D eigenvalue weighted by molar-refractivity contribution is -0.142. The molecule has 1 unspecified atom stereocenters. The smallest absolute Gasteiger partial charge is 0.328 e. The monoisotopic (exact) mass is 281 g/mol. The molecule has 1 aromatic heterocycles. The van der Waals surface area contributed by atoms with Crippen LogP contribution >= 0.6 is 0 Å². The molecule has 0 aromatic carbocycles. The number of hydrogen-bond donors (Lipinski definition) is 3. The van der Waals surface area contributed by atoms with Gasteiger partial charge in [0.1, 0.15) is 23.5 Å². The van der Waals surface area contributed by atoms with Crippen molar-refractivity contribution in [2.24, 2.45) is 11.8 Å². The van der Waals surface area contributed by atoms with Crippen LogP contribution in [0.1, 0.15) is 33.0 Å². The molecule has 1 rings (SSSR count). The number of carbonyl (C=O) groups is 1. The highest BCUT2D eigenvalue weighted by Gasteiger charge is 2.23. The van der Waals surface area contributed by atoms with Gasteiger partial charge in [0.15, 0.2) is 0 Å². The molecule has 0 aliphatic heterocycles. The average molecular weight is 281 g/mol. The van der Waals surface area contributed by atoms with Crippen LogP contribution in [0.25, 0.3) is 0 Å². The molecule has 0 bridgehead atoms. The standard InChI is InChI=1S/C13H23N5O2/c1-5-6-9-15-10(7-11(16-9)18-14)17-12(8(2)3)13(19)20-4/h7-8,12H,5-6,14H2,1-4H3,(H2,15,16,17,18). The SMILES string of the molecule is CCCc1nc(NN)cc(NC(C(=O)OC)C(C)C)n1. The Balaban J connectivity index is 2.99. The van der Waals surface area contributed by atoms with Crippen LogP contribution in [0.2, 0.25) is 0 Å². The average Bonchev–Trinajstić information content (AvgIpc) is 2.43. The highest BCUT2D eigenvalue weighted by Crippen LogP contribution is 2.16. The number of ether oxygens (including phenoxy) is 1. The van der Waals surface area contributed by atoms with Crippen LogP contribution in [0.15, 0.2) is 6.07 Å². The predicted molar refractivity (Wildman–Crippen MR) is 78.1 cm³/mol. The Kier molecular flexibility index (Phi) is 6.17. The molecular formula is C13H23N5O2. The molecule has 0 radical (unpaired) electrons. The number of nitrogen functional groups attached to an aromatic ring is 1. The van der Waals surface area contributed by atoms with Crippen molar-refractivity contribution in [3.8, 4) is 0 Å². The van der Waals surface area contributed by atoms with Crippen molar-refractivity contribution in [3.05, 3.63) is 11.9 Å². The number of nitrogens with two attached hydrogens (primary N) is 1. The molecule has 20 heavy (non-hydrogen) atoms. The molecule has 4 N–H and O–H groups in total. The number of nitrogens with one attached hydrogen (secondary N) is 2. The molecule has 1 aromatic rings. The highest BCUT2D eigenvalue weighted by atomic mass is 16.5. The maximum Gasteiger partial charge on any atom is 0.328 e. The zero-order valence-corrected chi connectivity index (χ0v) is 12.4. The van der Waals surface area contributed by atoms with E-state index < -0.39 is 6.04 Å². The number of nitrogens with zero attached hydrogens (tertiary/aromatic N) is 2. The number of carbonyl (C=O) groups excluding carboxylic acids is 1. The molecule has 0 fully saturated rings. The maximum absolute atomic E-state index is 11.8. The molecule has 1 heterocycles. The van der Waals surface area contributed by atoms with Crippen molar-refractivity contribution in [3.63, 3.8) is 0 Å². The molecule has 0 saturated heterocycles. The molecule has 0 amide bonds. The molecule has 112 valence electrons. The van der Waals surface area contributed by atoms with Gasteiger partial charge in [0.2, 0.25) is 0 Å². The van der Waals surface area contributed by atoms with Crippen LogP contribution in [0.4, 0.5) is 11.6 Å². The van der Waals surface area contributed by atoms with E-state index in [4.69, 9.17) is 10.6 Å². The van der Waals surface area contributed by atoms with Crippen LogP contribution in [0.5, 0.6) is 0 Å². The van der Waals surface area contributed by atoms with Gasteiger partial charge >= 0.3 is 5.97 Å². The predicted octanol–water partition coefficient (Wildman–Crippen LogP) is 1.32. The number of rotatable bonds is 7. The number of methoxy groups -OCH3 is 1. The minimum atomic E-state index is -0.463. The first-order chi connectivity index (χ1) is 9.51. The molecule has 0 spiro atoms. The van der Waals surface area contributed by atoms with Gasteiger partial charge in [-0.15, -0.1) is 0 Å². The van der Waals surface area contributed by atoms with E-state index >= 15 is 0 Å². The zero-order valence-electron chi connectivity index (χ0n) is 12.4. The van der Waals surface area contributed by atoms with E-state index in [0.717, 1.165) is 12.8 Å². The summed E-state index contributed by atoms with van der Waals surface area (Å²) in [6.45, 7) is 5.92. The third-order valence-electron chi connectivity index (χ3n) is 2.82. The Morgan fingerprint density at radius 2 is 2.05 bits per heavy atom. The largest absolute Gasteiger partial charge is 0.467 e. The summed E-state index contributed by atoms with van der Waals surface area (Å²) in [6.07, 6.45) is 1.67. The Bertz CT molecular complexity index is 450. The summed E-state index contributed by atoms with van der Waals surface area (Å²) >= 11 is 0. The minimum absolute atomic E-state index is 0.0707. The van der Waals surface area contributed by atoms with Crippen molar-refractivity contribution in [1.82, 2.24) is 9.97 Å². The second-order valence-corrected chi connectivity index (χ2v) is 4.84. The van der Waals surface area contributed by atoms with Crippen molar-refractivity contribution >= 4 is 17.6 Å².